The van der Waals surface area contributed by atoms with E-state index in [0.29, 0.717) is 0 Å². The minimum absolute atomic E-state index is 0.834. The van der Waals surface area contributed by atoms with E-state index in [1.807, 2.05) is 24.0 Å². The number of aromatic amines is 1. The van der Waals surface area contributed by atoms with E-state index < -0.39 is 0 Å². The van der Waals surface area contributed by atoms with Gasteiger partial charge in [-0.05, 0) is 11.6 Å². The summed E-state index contributed by atoms with van der Waals surface area (Å²) in [7, 11) is 2.02. The zero-order valence-electron chi connectivity index (χ0n) is 7.49. The molecule has 0 radical (unpaired) electrons. The van der Waals surface area contributed by atoms with Gasteiger partial charge in [0.2, 0.25) is 0 Å². The van der Waals surface area contributed by atoms with Crippen LogP contribution in [0.5, 0.6) is 0 Å². The third kappa shape index (κ3) is 1.90. The van der Waals surface area contributed by atoms with Gasteiger partial charge in [-0.1, -0.05) is 0 Å². The van der Waals surface area contributed by atoms with E-state index >= 15 is 0 Å². The topological polar surface area (TPSA) is 45.6 Å². The fraction of sp³-hybridized carbons (Fsp3) is 0.222. The zero-order valence-corrected chi connectivity index (χ0v) is 7.49. The summed E-state index contributed by atoms with van der Waals surface area (Å²) >= 11 is 0. The highest BCUT2D eigenvalue weighted by Gasteiger charge is 1.95. The summed E-state index contributed by atoms with van der Waals surface area (Å²) in [6.07, 6.45) is 7.73. The predicted molar refractivity (Wildman–Crippen MR) is 51.3 cm³/mol. The second kappa shape index (κ2) is 3.35. The molecule has 2 aromatic rings. The molecule has 4 heteroatoms. The Labute approximate surface area is 76.6 Å². The van der Waals surface area contributed by atoms with E-state index in [9.17, 15) is 0 Å². The summed E-state index contributed by atoms with van der Waals surface area (Å²) in [5.74, 6) is 0. The fourth-order valence-corrected chi connectivity index (χ4v) is 1.22. The van der Waals surface area contributed by atoms with Gasteiger partial charge in [-0.25, -0.2) is 0 Å². The monoisotopic (exact) mass is 176 g/mol. The second-order valence-corrected chi connectivity index (χ2v) is 3.03. The second-order valence-electron chi connectivity index (χ2n) is 3.03. The van der Waals surface area contributed by atoms with Crippen molar-refractivity contribution < 1.29 is 0 Å². The summed E-state index contributed by atoms with van der Waals surface area (Å²) < 4.78 is 2.03. The van der Waals surface area contributed by atoms with Gasteiger partial charge in [0.15, 0.2) is 0 Å². The van der Waals surface area contributed by atoms with Crippen molar-refractivity contribution in [2.45, 2.75) is 6.54 Å². The predicted octanol–water partition coefficient (Wildman–Crippen LogP) is 1.36. The first-order valence-electron chi connectivity index (χ1n) is 4.18. The highest BCUT2D eigenvalue weighted by molar-refractivity contribution is 5.38. The largest absolute Gasteiger partial charge is 0.378 e. The van der Waals surface area contributed by atoms with Crippen LogP contribution in [0.2, 0.25) is 0 Å². The highest BCUT2D eigenvalue weighted by atomic mass is 15.1. The quantitative estimate of drug-likeness (QED) is 0.741. The van der Waals surface area contributed by atoms with Crippen LogP contribution in [-0.2, 0) is 13.6 Å². The third-order valence-corrected chi connectivity index (χ3v) is 1.89. The van der Waals surface area contributed by atoms with Crippen molar-refractivity contribution in [1.82, 2.24) is 14.8 Å². The molecule has 4 nitrogen and oxygen atoms in total. The molecule has 0 amide bonds. The molecule has 0 aromatic carbocycles. The van der Waals surface area contributed by atoms with Gasteiger partial charge in [0.05, 0.1) is 11.9 Å². The first-order chi connectivity index (χ1) is 6.34. The van der Waals surface area contributed by atoms with Crippen LogP contribution in [0.15, 0.2) is 30.9 Å². The van der Waals surface area contributed by atoms with Crippen LogP contribution in [0.1, 0.15) is 5.56 Å². The van der Waals surface area contributed by atoms with Gasteiger partial charge in [0, 0.05) is 32.2 Å². The molecule has 2 rings (SSSR count). The summed E-state index contributed by atoms with van der Waals surface area (Å²) in [5.41, 5.74) is 2.28. The van der Waals surface area contributed by atoms with Gasteiger partial charge < -0.3 is 9.88 Å². The lowest BCUT2D eigenvalue weighted by Crippen LogP contribution is -1.96. The Hall–Kier alpha value is -1.71. The Balaban J connectivity index is 1.93. The van der Waals surface area contributed by atoms with Crippen molar-refractivity contribution in [2.75, 3.05) is 5.32 Å². The fourth-order valence-electron chi connectivity index (χ4n) is 1.22. The average Bonchev–Trinajstić information content (AvgIpc) is 2.71. The number of anilines is 1. The standard InChI is InChI=1S/C9H12N4/c1-13-3-2-8(7-13)4-10-9-5-11-12-6-9/h2-3,5-7,10H,4H2,1H3,(H,11,12). The van der Waals surface area contributed by atoms with Crippen molar-refractivity contribution in [2.24, 2.45) is 7.05 Å². The molecule has 2 aromatic heterocycles. The zero-order chi connectivity index (χ0) is 9.10. The number of rotatable bonds is 3. The van der Waals surface area contributed by atoms with Crippen LogP contribution in [0.4, 0.5) is 5.69 Å². The van der Waals surface area contributed by atoms with Gasteiger partial charge in [-0.15, -0.1) is 0 Å². The normalized spacial score (nSPS) is 10.2. The summed E-state index contributed by atoms with van der Waals surface area (Å²) in [6.45, 7) is 0.834. The Morgan fingerprint density at radius 1 is 1.62 bits per heavy atom. The Kier molecular flexibility index (Phi) is 2.04. The Morgan fingerprint density at radius 2 is 2.54 bits per heavy atom. The number of nitrogens with zero attached hydrogens (tertiary/aromatic N) is 2. The number of nitrogens with one attached hydrogen (secondary N) is 2. The molecule has 0 atom stereocenters. The number of hydrogen-bond acceptors (Lipinski definition) is 2. The number of aromatic nitrogens is 3. The van der Waals surface area contributed by atoms with Crippen molar-refractivity contribution in [1.29, 1.82) is 0 Å². The molecule has 0 saturated carbocycles. The molecule has 0 bridgehead atoms. The van der Waals surface area contributed by atoms with Crippen LogP contribution in [-0.4, -0.2) is 14.8 Å². The van der Waals surface area contributed by atoms with Crippen molar-refractivity contribution in [3.63, 3.8) is 0 Å². The molecule has 68 valence electrons. The molecule has 13 heavy (non-hydrogen) atoms. The number of hydrogen-bond donors (Lipinski definition) is 2. The molecule has 2 N–H and O–H groups in total. The summed E-state index contributed by atoms with van der Waals surface area (Å²) in [5, 5.41) is 9.85. The minimum Gasteiger partial charge on any atom is -0.378 e. The van der Waals surface area contributed by atoms with Gasteiger partial charge >= 0.3 is 0 Å². The van der Waals surface area contributed by atoms with E-state index in [0.717, 1.165) is 12.2 Å². The van der Waals surface area contributed by atoms with E-state index in [2.05, 4.69) is 27.8 Å². The van der Waals surface area contributed by atoms with Crippen molar-refractivity contribution in [3.8, 4) is 0 Å². The van der Waals surface area contributed by atoms with Crippen LogP contribution >= 0.6 is 0 Å². The first-order valence-corrected chi connectivity index (χ1v) is 4.18. The van der Waals surface area contributed by atoms with Crippen molar-refractivity contribution in [3.05, 3.63) is 36.4 Å². The summed E-state index contributed by atoms with van der Waals surface area (Å²) in [6, 6.07) is 2.09. The van der Waals surface area contributed by atoms with Gasteiger partial charge in [0.25, 0.3) is 0 Å². The Morgan fingerprint density at radius 3 is 3.15 bits per heavy atom. The Bertz CT molecular complexity index is 361. The molecule has 0 unspecified atom stereocenters. The molecule has 0 fully saturated rings. The molecule has 0 aliphatic rings. The SMILES string of the molecule is Cn1ccc(CNc2cn[nH]c2)c1. The molecule has 0 aliphatic heterocycles. The lowest BCUT2D eigenvalue weighted by Gasteiger charge is -1.99. The van der Waals surface area contributed by atoms with Gasteiger partial charge in [-0.2, -0.15) is 5.10 Å². The average molecular weight is 176 g/mol. The maximum atomic E-state index is 3.85. The highest BCUT2D eigenvalue weighted by Crippen LogP contribution is 2.05. The maximum Gasteiger partial charge on any atom is 0.0726 e. The number of aryl methyl sites for hydroxylation is 1. The smallest absolute Gasteiger partial charge is 0.0726 e. The molecule has 0 spiro atoms. The van der Waals surface area contributed by atoms with Crippen molar-refractivity contribution >= 4 is 5.69 Å². The van der Waals surface area contributed by atoms with E-state index in [1.54, 1.807) is 6.20 Å². The van der Waals surface area contributed by atoms with Gasteiger partial charge in [0.1, 0.15) is 0 Å². The molecular formula is C9H12N4. The number of H-pyrrole nitrogens is 1. The van der Waals surface area contributed by atoms with E-state index in [4.69, 9.17) is 0 Å². The maximum absolute atomic E-state index is 3.85. The van der Waals surface area contributed by atoms with Crippen LogP contribution in [0.3, 0.4) is 0 Å². The first kappa shape index (κ1) is 7.91. The molecule has 0 aliphatic carbocycles. The van der Waals surface area contributed by atoms with Crippen LogP contribution in [0.25, 0.3) is 0 Å². The molecule has 2 heterocycles. The lowest BCUT2D eigenvalue weighted by molar-refractivity contribution is 0.920. The van der Waals surface area contributed by atoms with Crippen LogP contribution < -0.4 is 5.32 Å². The lowest BCUT2D eigenvalue weighted by atomic mass is 10.3. The minimum atomic E-state index is 0.834. The van der Waals surface area contributed by atoms with E-state index in [-0.39, 0.29) is 0 Å². The summed E-state index contributed by atoms with van der Waals surface area (Å²) in [4.78, 5) is 0. The third-order valence-electron chi connectivity index (χ3n) is 1.89. The molecular weight excluding hydrogens is 164 g/mol. The molecule has 0 saturated heterocycles. The van der Waals surface area contributed by atoms with E-state index in [1.165, 1.54) is 5.56 Å². The van der Waals surface area contributed by atoms with Gasteiger partial charge in [-0.3, -0.25) is 5.10 Å². The van der Waals surface area contributed by atoms with Crippen LogP contribution in [0, 0.1) is 0 Å².